The molecule has 0 heterocycles. The van der Waals surface area contributed by atoms with Gasteiger partial charge in [-0.1, -0.05) is 31.5 Å². The van der Waals surface area contributed by atoms with E-state index in [1.54, 1.807) is 0 Å². The third-order valence-electron chi connectivity index (χ3n) is 3.25. The first-order chi connectivity index (χ1) is 8.97. The maximum atomic E-state index is 9.29. The molecule has 0 spiro atoms. The quantitative estimate of drug-likeness (QED) is 0.808. The zero-order valence-electron chi connectivity index (χ0n) is 12.3. The van der Waals surface area contributed by atoms with Gasteiger partial charge in [0.2, 0.25) is 0 Å². The first kappa shape index (κ1) is 16.3. The first-order valence-corrected chi connectivity index (χ1v) is 7.17. The molecule has 1 unspecified atom stereocenters. The standard InChI is InChI=1S/C15H25ClN2O/c1-11(2)8-17-9-13-14(16)6-5-7-15(13)18(4)12(3)10-19/h5-7,11-12,17,19H,8-10H2,1-4H3. The molecule has 2 N–H and O–H groups in total. The molecule has 0 radical (unpaired) electrons. The Hall–Kier alpha value is -0.770. The number of aliphatic hydroxyl groups excluding tert-OH is 1. The number of hydrogen-bond acceptors (Lipinski definition) is 3. The van der Waals surface area contributed by atoms with Crippen LogP contribution in [0.2, 0.25) is 5.02 Å². The van der Waals surface area contributed by atoms with Crippen molar-refractivity contribution in [1.82, 2.24) is 5.32 Å². The second kappa shape index (κ2) is 7.73. The number of halogens is 1. The van der Waals surface area contributed by atoms with Gasteiger partial charge in [-0.15, -0.1) is 0 Å². The fourth-order valence-electron chi connectivity index (χ4n) is 1.90. The molecular formula is C15H25ClN2O. The third-order valence-corrected chi connectivity index (χ3v) is 3.61. The topological polar surface area (TPSA) is 35.5 Å². The Labute approximate surface area is 121 Å². The molecule has 19 heavy (non-hydrogen) atoms. The zero-order chi connectivity index (χ0) is 14.4. The van der Waals surface area contributed by atoms with Crippen LogP contribution in [0, 0.1) is 5.92 Å². The van der Waals surface area contributed by atoms with E-state index in [2.05, 4.69) is 24.1 Å². The molecule has 0 amide bonds. The molecule has 1 rings (SSSR count). The van der Waals surface area contributed by atoms with Crippen molar-refractivity contribution < 1.29 is 5.11 Å². The lowest BCUT2D eigenvalue weighted by Gasteiger charge is -2.28. The first-order valence-electron chi connectivity index (χ1n) is 6.79. The molecule has 0 aliphatic rings. The number of hydrogen-bond donors (Lipinski definition) is 2. The number of nitrogens with one attached hydrogen (secondary N) is 1. The van der Waals surface area contributed by atoms with E-state index >= 15 is 0 Å². The summed E-state index contributed by atoms with van der Waals surface area (Å²) in [6.07, 6.45) is 0. The van der Waals surface area contributed by atoms with E-state index in [1.165, 1.54) is 0 Å². The second-order valence-electron chi connectivity index (χ2n) is 5.40. The predicted octanol–water partition coefficient (Wildman–Crippen LogP) is 2.90. The van der Waals surface area contributed by atoms with Crippen LogP contribution < -0.4 is 10.2 Å². The van der Waals surface area contributed by atoms with E-state index in [1.807, 2.05) is 32.2 Å². The number of benzene rings is 1. The highest BCUT2D eigenvalue weighted by Gasteiger charge is 2.14. The average Bonchev–Trinajstić information content (AvgIpc) is 2.38. The molecule has 0 aliphatic heterocycles. The summed E-state index contributed by atoms with van der Waals surface area (Å²) in [5.41, 5.74) is 2.16. The Kier molecular flexibility index (Phi) is 6.63. The lowest BCUT2D eigenvalue weighted by atomic mass is 10.1. The van der Waals surface area contributed by atoms with Gasteiger partial charge in [0.05, 0.1) is 6.61 Å². The number of rotatable bonds is 7. The van der Waals surface area contributed by atoms with Crippen LogP contribution in [-0.4, -0.2) is 31.3 Å². The average molecular weight is 285 g/mol. The highest BCUT2D eigenvalue weighted by molar-refractivity contribution is 6.31. The van der Waals surface area contributed by atoms with Gasteiger partial charge in [-0.2, -0.15) is 0 Å². The highest BCUT2D eigenvalue weighted by atomic mass is 35.5. The van der Waals surface area contributed by atoms with Gasteiger partial charge in [-0.25, -0.2) is 0 Å². The Morgan fingerprint density at radius 1 is 1.32 bits per heavy atom. The second-order valence-corrected chi connectivity index (χ2v) is 5.81. The van der Waals surface area contributed by atoms with Crippen LogP contribution in [0.5, 0.6) is 0 Å². The van der Waals surface area contributed by atoms with Crippen LogP contribution in [0.25, 0.3) is 0 Å². The van der Waals surface area contributed by atoms with E-state index in [4.69, 9.17) is 11.6 Å². The van der Waals surface area contributed by atoms with Gasteiger partial charge in [0.1, 0.15) is 0 Å². The van der Waals surface area contributed by atoms with Crippen molar-refractivity contribution in [3.05, 3.63) is 28.8 Å². The molecule has 108 valence electrons. The van der Waals surface area contributed by atoms with Gasteiger partial charge in [0, 0.05) is 35.9 Å². The van der Waals surface area contributed by atoms with Crippen molar-refractivity contribution in [2.45, 2.75) is 33.4 Å². The summed E-state index contributed by atoms with van der Waals surface area (Å²) in [4.78, 5) is 2.07. The fraction of sp³-hybridized carbons (Fsp3) is 0.600. The van der Waals surface area contributed by atoms with Crippen molar-refractivity contribution >= 4 is 17.3 Å². The molecule has 0 fully saturated rings. The van der Waals surface area contributed by atoms with E-state index in [0.29, 0.717) is 5.92 Å². The summed E-state index contributed by atoms with van der Waals surface area (Å²) < 4.78 is 0. The lowest BCUT2D eigenvalue weighted by molar-refractivity contribution is 0.270. The molecule has 0 aromatic heterocycles. The molecule has 4 heteroatoms. The minimum Gasteiger partial charge on any atom is -0.394 e. The molecule has 1 aromatic rings. The van der Waals surface area contributed by atoms with Crippen LogP contribution in [0.1, 0.15) is 26.3 Å². The summed E-state index contributed by atoms with van der Waals surface area (Å²) in [5.74, 6) is 0.611. The van der Waals surface area contributed by atoms with E-state index in [-0.39, 0.29) is 12.6 Å². The summed E-state index contributed by atoms with van der Waals surface area (Å²) in [6, 6.07) is 5.98. The van der Waals surface area contributed by atoms with Crippen molar-refractivity contribution in [3.8, 4) is 0 Å². The third kappa shape index (κ3) is 4.68. The van der Waals surface area contributed by atoms with Crippen LogP contribution >= 0.6 is 11.6 Å². The van der Waals surface area contributed by atoms with E-state index < -0.39 is 0 Å². The van der Waals surface area contributed by atoms with Gasteiger partial charge >= 0.3 is 0 Å². The molecule has 0 saturated carbocycles. The van der Waals surface area contributed by atoms with Crippen LogP contribution in [0.15, 0.2) is 18.2 Å². The minimum atomic E-state index is 0.0716. The minimum absolute atomic E-state index is 0.0716. The van der Waals surface area contributed by atoms with E-state index in [9.17, 15) is 5.11 Å². The van der Waals surface area contributed by atoms with Crippen LogP contribution in [0.3, 0.4) is 0 Å². The Bertz CT molecular complexity index is 396. The highest BCUT2D eigenvalue weighted by Crippen LogP contribution is 2.28. The Balaban J connectivity index is 2.88. The van der Waals surface area contributed by atoms with E-state index in [0.717, 1.165) is 29.4 Å². The molecule has 0 bridgehead atoms. The molecule has 0 aliphatic carbocycles. The monoisotopic (exact) mass is 284 g/mol. The van der Waals surface area contributed by atoms with Crippen LogP contribution in [0.4, 0.5) is 5.69 Å². The number of anilines is 1. The number of aliphatic hydroxyl groups is 1. The number of likely N-dealkylation sites (N-methyl/N-ethyl adjacent to an activating group) is 1. The fourth-order valence-corrected chi connectivity index (χ4v) is 2.13. The van der Waals surface area contributed by atoms with Crippen molar-refractivity contribution in [3.63, 3.8) is 0 Å². The SMILES string of the molecule is CC(C)CNCc1c(Cl)cccc1N(C)C(C)CO. The van der Waals surface area contributed by atoms with Gasteiger partial charge < -0.3 is 15.3 Å². The predicted molar refractivity (Wildman–Crippen MR) is 82.9 cm³/mol. The summed E-state index contributed by atoms with van der Waals surface area (Å²) in [5, 5.41) is 13.5. The molecule has 1 aromatic carbocycles. The molecular weight excluding hydrogens is 260 g/mol. The lowest BCUT2D eigenvalue weighted by Crippen LogP contribution is -2.33. The van der Waals surface area contributed by atoms with Crippen LogP contribution in [-0.2, 0) is 6.54 Å². The van der Waals surface area contributed by atoms with Crippen molar-refractivity contribution in [2.75, 3.05) is 25.1 Å². The van der Waals surface area contributed by atoms with Gasteiger partial charge in [-0.05, 0) is 31.5 Å². The van der Waals surface area contributed by atoms with Gasteiger partial charge in [0.25, 0.3) is 0 Å². The Morgan fingerprint density at radius 2 is 2.00 bits per heavy atom. The smallest absolute Gasteiger partial charge is 0.0632 e. The van der Waals surface area contributed by atoms with Crippen molar-refractivity contribution in [2.24, 2.45) is 5.92 Å². The Morgan fingerprint density at radius 3 is 2.58 bits per heavy atom. The molecule has 0 saturated heterocycles. The normalized spacial score (nSPS) is 12.8. The zero-order valence-corrected chi connectivity index (χ0v) is 13.0. The maximum absolute atomic E-state index is 9.29. The van der Waals surface area contributed by atoms with Crippen molar-refractivity contribution in [1.29, 1.82) is 0 Å². The summed E-state index contributed by atoms with van der Waals surface area (Å²) >= 11 is 6.31. The summed E-state index contributed by atoms with van der Waals surface area (Å²) in [6.45, 7) is 8.19. The maximum Gasteiger partial charge on any atom is 0.0632 e. The van der Waals surface area contributed by atoms with Gasteiger partial charge in [0.15, 0.2) is 0 Å². The molecule has 3 nitrogen and oxygen atoms in total. The largest absolute Gasteiger partial charge is 0.394 e. The number of nitrogens with zero attached hydrogens (tertiary/aromatic N) is 1. The van der Waals surface area contributed by atoms with Gasteiger partial charge in [-0.3, -0.25) is 0 Å². The molecule has 1 atom stereocenters. The summed E-state index contributed by atoms with van der Waals surface area (Å²) in [7, 11) is 1.98.